The molecule has 0 aliphatic rings. The summed E-state index contributed by atoms with van der Waals surface area (Å²) in [5, 5.41) is 14.4. The molecule has 1 amide bonds. The SMILES string of the molecule is N#Cc1ccc(NC(=O)c2cnc(Nc3ccc(F)cc3)nc2)cc1. The molecule has 0 radical (unpaired) electrons. The molecule has 0 saturated heterocycles. The van der Waals surface area contributed by atoms with Crippen molar-refractivity contribution in [3.05, 3.63) is 77.9 Å². The topological polar surface area (TPSA) is 90.7 Å². The van der Waals surface area contributed by atoms with E-state index in [-0.39, 0.29) is 17.3 Å². The molecule has 0 aliphatic carbocycles. The van der Waals surface area contributed by atoms with Crippen molar-refractivity contribution in [3.8, 4) is 6.07 Å². The number of nitriles is 1. The Morgan fingerprint density at radius 2 is 1.56 bits per heavy atom. The summed E-state index contributed by atoms with van der Waals surface area (Å²) >= 11 is 0. The first-order chi connectivity index (χ1) is 12.1. The number of benzene rings is 2. The molecule has 0 bridgehead atoms. The van der Waals surface area contributed by atoms with Crippen molar-refractivity contribution in [1.82, 2.24) is 9.97 Å². The van der Waals surface area contributed by atoms with E-state index in [1.807, 2.05) is 6.07 Å². The van der Waals surface area contributed by atoms with E-state index >= 15 is 0 Å². The van der Waals surface area contributed by atoms with E-state index in [2.05, 4.69) is 20.6 Å². The van der Waals surface area contributed by atoms with Crippen LogP contribution in [0.4, 0.5) is 21.7 Å². The standard InChI is InChI=1S/C18H12FN5O/c19-14-3-7-16(8-4-14)24-18-21-10-13(11-22-18)17(25)23-15-5-1-12(9-20)2-6-15/h1-8,10-11H,(H,23,25)(H,21,22,24). The Morgan fingerprint density at radius 1 is 0.960 bits per heavy atom. The molecule has 3 aromatic rings. The van der Waals surface area contributed by atoms with Crippen molar-refractivity contribution in [2.75, 3.05) is 10.6 Å². The monoisotopic (exact) mass is 333 g/mol. The molecule has 1 heterocycles. The van der Waals surface area contributed by atoms with E-state index in [0.29, 0.717) is 22.9 Å². The van der Waals surface area contributed by atoms with Crippen LogP contribution in [0.1, 0.15) is 15.9 Å². The van der Waals surface area contributed by atoms with Crippen LogP contribution in [-0.4, -0.2) is 15.9 Å². The van der Waals surface area contributed by atoms with Crippen molar-refractivity contribution >= 4 is 23.2 Å². The fourth-order valence-electron chi connectivity index (χ4n) is 2.00. The van der Waals surface area contributed by atoms with Crippen LogP contribution >= 0.6 is 0 Å². The first-order valence-corrected chi connectivity index (χ1v) is 7.30. The van der Waals surface area contributed by atoms with Crippen LogP contribution < -0.4 is 10.6 Å². The number of aromatic nitrogens is 2. The lowest BCUT2D eigenvalue weighted by molar-refractivity contribution is 0.102. The Kier molecular flexibility index (Phi) is 4.62. The minimum absolute atomic E-state index is 0.286. The molecule has 6 nitrogen and oxygen atoms in total. The zero-order valence-electron chi connectivity index (χ0n) is 12.9. The number of halogens is 1. The van der Waals surface area contributed by atoms with Gasteiger partial charge >= 0.3 is 0 Å². The Labute approximate surface area is 143 Å². The van der Waals surface area contributed by atoms with Gasteiger partial charge in [0.2, 0.25) is 5.95 Å². The maximum atomic E-state index is 12.9. The van der Waals surface area contributed by atoms with Crippen LogP contribution in [-0.2, 0) is 0 Å². The van der Waals surface area contributed by atoms with Crippen LogP contribution in [0.2, 0.25) is 0 Å². The highest BCUT2D eigenvalue weighted by Crippen LogP contribution is 2.14. The van der Waals surface area contributed by atoms with Crippen LogP contribution in [0.25, 0.3) is 0 Å². The first-order valence-electron chi connectivity index (χ1n) is 7.30. The number of rotatable bonds is 4. The number of hydrogen-bond acceptors (Lipinski definition) is 5. The van der Waals surface area contributed by atoms with Gasteiger partial charge in [-0.3, -0.25) is 4.79 Å². The van der Waals surface area contributed by atoms with Gasteiger partial charge in [0.1, 0.15) is 5.82 Å². The van der Waals surface area contributed by atoms with Gasteiger partial charge in [-0.2, -0.15) is 5.26 Å². The maximum Gasteiger partial charge on any atom is 0.258 e. The van der Waals surface area contributed by atoms with Crippen molar-refractivity contribution in [1.29, 1.82) is 5.26 Å². The number of hydrogen-bond donors (Lipinski definition) is 2. The summed E-state index contributed by atoms with van der Waals surface area (Å²) in [5.41, 5.74) is 2.00. The van der Waals surface area contributed by atoms with E-state index in [4.69, 9.17) is 5.26 Å². The largest absolute Gasteiger partial charge is 0.324 e. The maximum absolute atomic E-state index is 12.9. The Hall–Kier alpha value is -3.79. The summed E-state index contributed by atoms with van der Waals surface area (Å²) in [7, 11) is 0. The third-order valence-electron chi connectivity index (χ3n) is 3.29. The van der Waals surface area contributed by atoms with Crippen molar-refractivity contribution in [2.24, 2.45) is 0 Å². The molecule has 0 unspecified atom stereocenters. The zero-order valence-corrected chi connectivity index (χ0v) is 12.9. The molecule has 0 fully saturated rings. The van der Waals surface area contributed by atoms with Gasteiger partial charge in [-0.1, -0.05) is 0 Å². The Balaban J connectivity index is 1.65. The van der Waals surface area contributed by atoms with Crippen molar-refractivity contribution < 1.29 is 9.18 Å². The summed E-state index contributed by atoms with van der Waals surface area (Å²) in [5.74, 6) is -0.402. The van der Waals surface area contributed by atoms with Gasteiger partial charge in [0.25, 0.3) is 5.91 Å². The van der Waals surface area contributed by atoms with Gasteiger partial charge in [-0.15, -0.1) is 0 Å². The van der Waals surface area contributed by atoms with Gasteiger partial charge in [-0.05, 0) is 48.5 Å². The molecule has 2 aromatic carbocycles. The number of anilines is 3. The number of carbonyl (C=O) groups excluding carboxylic acids is 1. The molecule has 3 rings (SSSR count). The molecular formula is C18H12FN5O. The van der Waals surface area contributed by atoms with Crippen LogP contribution in [0.3, 0.4) is 0 Å². The second-order valence-corrected chi connectivity index (χ2v) is 5.07. The number of amides is 1. The third kappa shape index (κ3) is 4.14. The second kappa shape index (κ2) is 7.19. The first kappa shape index (κ1) is 16.1. The highest BCUT2D eigenvalue weighted by Gasteiger charge is 2.08. The zero-order chi connectivity index (χ0) is 17.6. The normalized spacial score (nSPS) is 9.92. The van der Waals surface area contributed by atoms with E-state index in [1.54, 1.807) is 36.4 Å². The highest BCUT2D eigenvalue weighted by atomic mass is 19.1. The lowest BCUT2D eigenvalue weighted by Gasteiger charge is -2.07. The number of carbonyl (C=O) groups is 1. The molecule has 0 atom stereocenters. The summed E-state index contributed by atoms with van der Waals surface area (Å²) in [6.07, 6.45) is 2.77. The number of nitrogens with zero attached hydrogens (tertiary/aromatic N) is 3. The molecular weight excluding hydrogens is 321 g/mol. The van der Waals surface area contributed by atoms with Gasteiger partial charge < -0.3 is 10.6 Å². The quantitative estimate of drug-likeness (QED) is 0.763. The lowest BCUT2D eigenvalue weighted by Crippen LogP contribution is -2.13. The second-order valence-electron chi connectivity index (χ2n) is 5.07. The fraction of sp³-hybridized carbons (Fsp3) is 0. The fourth-order valence-corrected chi connectivity index (χ4v) is 2.00. The van der Waals surface area contributed by atoms with Gasteiger partial charge in [0.15, 0.2) is 0 Å². The van der Waals surface area contributed by atoms with Crippen LogP contribution in [0.5, 0.6) is 0 Å². The van der Waals surface area contributed by atoms with E-state index in [0.717, 1.165) is 0 Å². The van der Waals surface area contributed by atoms with Crippen molar-refractivity contribution in [2.45, 2.75) is 0 Å². The van der Waals surface area contributed by atoms with Crippen LogP contribution in [0, 0.1) is 17.1 Å². The van der Waals surface area contributed by atoms with Gasteiger partial charge in [-0.25, -0.2) is 14.4 Å². The average molecular weight is 333 g/mol. The third-order valence-corrected chi connectivity index (χ3v) is 3.29. The minimum atomic E-state index is -0.363. The molecule has 122 valence electrons. The summed E-state index contributed by atoms with van der Waals surface area (Å²) < 4.78 is 12.9. The molecule has 2 N–H and O–H groups in total. The molecule has 0 spiro atoms. The summed E-state index contributed by atoms with van der Waals surface area (Å²) in [6.45, 7) is 0. The van der Waals surface area contributed by atoms with Gasteiger partial charge in [0, 0.05) is 23.8 Å². The molecule has 7 heteroatoms. The smallest absolute Gasteiger partial charge is 0.258 e. The van der Waals surface area contributed by atoms with Crippen LogP contribution in [0.15, 0.2) is 60.9 Å². The molecule has 25 heavy (non-hydrogen) atoms. The average Bonchev–Trinajstić information content (AvgIpc) is 2.65. The minimum Gasteiger partial charge on any atom is -0.324 e. The summed E-state index contributed by atoms with van der Waals surface area (Å²) in [4.78, 5) is 20.3. The Bertz CT molecular complexity index is 916. The van der Waals surface area contributed by atoms with Crippen molar-refractivity contribution in [3.63, 3.8) is 0 Å². The summed E-state index contributed by atoms with van der Waals surface area (Å²) in [6, 6.07) is 14.3. The molecule has 0 saturated carbocycles. The Morgan fingerprint density at radius 3 is 2.16 bits per heavy atom. The van der Waals surface area contributed by atoms with E-state index in [9.17, 15) is 9.18 Å². The molecule has 1 aromatic heterocycles. The van der Waals surface area contributed by atoms with E-state index in [1.165, 1.54) is 24.5 Å². The van der Waals surface area contributed by atoms with E-state index < -0.39 is 0 Å². The van der Waals surface area contributed by atoms with Gasteiger partial charge in [0.05, 0.1) is 17.2 Å². The lowest BCUT2D eigenvalue weighted by atomic mass is 10.2. The number of nitrogens with one attached hydrogen (secondary N) is 2. The highest BCUT2D eigenvalue weighted by molar-refractivity contribution is 6.03. The predicted molar refractivity (Wildman–Crippen MR) is 90.8 cm³/mol. The predicted octanol–water partition coefficient (Wildman–Crippen LogP) is 3.48. The molecule has 0 aliphatic heterocycles.